The molecule has 20 heavy (non-hydrogen) atoms. The molecule has 2 rings (SSSR count). The quantitative estimate of drug-likeness (QED) is 0.918. The number of aryl methyl sites for hydroxylation is 1. The second kappa shape index (κ2) is 5.76. The molecule has 0 aliphatic heterocycles. The Balaban J connectivity index is 2.48. The van der Waals surface area contributed by atoms with Crippen LogP contribution in [0.2, 0.25) is 0 Å². The molecule has 5 heteroatoms. The van der Waals surface area contributed by atoms with Gasteiger partial charge in [-0.25, -0.2) is 4.79 Å². The number of ether oxygens (including phenoxy) is 1. The van der Waals surface area contributed by atoms with E-state index in [1.54, 1.807) is 37.3 Å². The molecule has 0 fully saturated rings. The first kappa shape index (κ1) is 14.1. The van der Waals surface area contributed by atoms with Crippen LogP contribution in [0.4, 0.5) is 0 Å². The summed E-state index contributed by atoms with van der Waals surface area (Å²) in [4.78, 5) is 11.2. The third kappa shape index (κ3) is 2.98. The Hall–Kier alpha value is -2.32. The normalized spacial score (nSPS) is 9.85. The van der Waals surface area contributed by atoms with Gasteiger partial charge in [0.15, 0.2) is 0 Å². The molecule has 0 spiro atoms. The van der Waals surface area contributed by atoms with E-state index in [9.17, 15) is 9.90 Å². The monoisotopic (exact) mass is 331 g/mol. The van der Waals surface area contributed by atoms with Crippen LogP contribution in [-0.2, 0) is 0 Å². The van der Waals surface area contributed by atoms with E-state index in [0.29, 0.717) is 11.3 Å². The first-order chi connectivity index (χ1) is 9.51. The van der Waals surface area contributed by atoms with Gasteiger partial charge in [-0.2, -0.15) is 5.26 Å². The Morgan fingerprint density at radius 2 is 2.00 bits per heavy atom. The van der Waals surface area contributed by atoms with Crippen molar-refractivity contribution in [3.63, 3.8) is 0 Å². The van der Waals surface area contributed by atoms with Gasteiger partial charge in [0, 0.05) is 4.47 Å². The summed E-state index contributed by atoms with van der Waals surface area (Å²) in [5.41, 5.74) is 1.23. The molecule has 0 unspecified atom stereocenters. The van der Waals surface area contributed by atoms with Crippen LogP contribution in [0, 0.1) is 18.3 Å². The van der Waals surface area contributed by atoms with Gasteiger partial charge in [0.05, 0.1) is 5.56 Å². The van der Waals surface area contributed by atoms with Crippen molar-refractivity contribution in [3.05, 3.63) is 57.6 Å². The highest BCUT2D eigenvalue weighted by Gasteiger charge is 2.14. The van der Waals surface area contributed by atoms with Crippen LogP contribution in [0.25, 0.3) is 0 Å². The highest BCUT2D eigenvalue weighted by molar-refractivity contribution is 9.10. The SMILES string of the molecule is Cc1ccc(Oc2cc(Br)ccc2C#N)c(C(=O)O)c1. The van der Waals surface area contributed by atoms with Crippen molar-refractivity contribution in [2.24, 2.45) is 0 Å². The van der Waals surface area contributed by atoms with Crippen LogP contribution in [0.1, 0.15) is 21.5 Å². The highest BCUT2D eigenvalue weighted by Crippen LogP contribution is 2.30. The number of benzene rings is 2. The van der Waals surface area contributed by atoms with E-state index >= 15 is 0 Å². The van der Waals surface area contributed by atoms with Gasteiger partial charge in [-0.15, -0.1) is 0 Å². The fraction of sp³-hybridized carbons (Fsp3) is 0.0667. The molecule has 0 aliphatic rings. The van der Waals surface area contributed by atoms with Crippen molar-refractivity contribution in [1.82, 2.24) is 0 Å². The molecule has 2 aromatic rings. The zero-order valence-corrected chi connectivity index (χ0v) is 12.1. The largest absolute Gasteiger partial charge is 0.478 e. The lowest BCUT2D eigenvalue weighted by atomic mass is 10.1. The van der Waals surface area contributed by atoms with Crippen LogP contribution in [0.3, 0.4) is 0 Å². The molecule has 0 aromatic heterocycles. The average molecular weight is 332 g/mol. The number of nitrogens with zero attached hydrogens (tertiary/aromatic N) is 1. The van der Waals surface area contributed by atoms with Gasteiger partial charge in [-0.1, -0.05) is 27.6 Å². The second-order valence-electron chi connectivity index (χ2n) is 4.16. The second-order valence-corrected chi connectivity index (χ2v) is 5.07. The molecule has 100 valence electrons. The van der Waals surface area contributed by atoms with Crippen LogP contribution in [0.15, 0.2) is 40.9 Å². The van der Waals surface area contributed by atoms with Gasteiger partial charge in [0.1, 0.15) is 23.1 Å². The summed E-state index contributed by atoms with van der Waals surface area (Å²) in [7, 11) is 0. The number of aromatic carboxylic acids is 1. The Bertz CT molecular complexity index is 720. The Kier molecular flexibility index (Phi) is 4.06. The van der Waals surface area contributed by atoms with Crippen molar-refractivity contribution in [1.29, 1.82) is 5.26 Å². The topological polar surface area (TPSA) is 70.3 Å². The number of hydrogen-bond donors (Lipinski definition) is 1. The summed E-state index contributed by atoms with van der Waals surface area (Å²) >= 11 is 3.29. The number of carboxylic acids is 1. The summed E-state index contributed by atoms with van der Waals surface area (Å²) in [6.45, 7) is 1.80. The molecule has 0 saturated carbocycles. The maximum atomic E-state index is 11.2. The van der Waals surface area contributed by atoms with E-state index in [2.05, 4.69) is 15.9 Å². The molecule has 0 aliphatic carbocycles. The van der Waals surface area contributed by atoms with Gasteiger partial charge in [-0.05, 0) is 37.3 Å². The van der Waals surface area contributed by atoms with Gasteiger partial charge >= 0.3 is 5.97 Å². The summed E-state index contributed by atoms with van der Waals surface area (Å²) < 4.78 is 6.34. The fourth-order valence-electron chi connectivity index (χ4n) is 1.69. The molecule has 1 N–H and O–H groups in total. The predicted molar refractivity (Wildman–Crippen MR) is 77.1 cm³/mol. The van der Waals surface area contributed by atoms with E-state index < -0.39 is 5.97 Å². The lowest BCUT2D eigenvalue weighted by Gasteiger charge is -2.11. The van der Waals surface area contributed by atoms with Crippen molar-refractivity contribution in [2.75, 3.05) is 0 Å². The van der Waals surface area contributed by atoms with Crippen LogP contribution in [0.5, 0.6) is 11.5 Å². The summed E-state index contributed by atoms with van der Waals surface area (Å²) in [5, 5.41) is 18.2. The van der Waals surface area contributed by atoms with Crippen molar-refractivity contribution >= 4 is 21.9 Å². The first-order valence-corrected chi connectivity index (χ1v) is 6.52. The van der Waals surface area contributed by atoms with E-state index in [4.69, 9.17) is 10.00 Å². The number of carbonyl (C=O) groups is 1. The molecule has 0 amide bonds. The van der Waals surface area contributed by atoms with E-state index in [-0.39, 0.29) is 11.3 Å². The first-order valence-electron chi connectivity index (χ1n) is 5.72. The Morgan fingerprint density at radius 3 is 2.65 bits per heavy atom. The lowest BCUT2D eigenvalue weighted by molar-refractivity contribution is 0.0694. The van der Waals surface area contributed by atoms with Crippen molar-refractivity contribution < 1.29 is 14.6 Å². The molecule has 0 radical (unpaired) electrons. The number of hydrogen-bond acceptors (Lipinski definition) is 3. The van der Waals surface area contributed by atoms with E-state index in [1.807, 2.05) is 6.07 Å². The molecule has 2 aromatic carbocycles. The summed E-state index contributed by atoms with van der Waals surface area (Å²) in [5.74, 6) is -0.553. The molecular formula is C15H10BrNO3. The number of rotatable bonds is 3. The van der Waals surface area contributed by atoms with Gasteiger partial charge in [0.25, 0.3) is 0 Å². The number of carboxylic acid groups (broad SMARTS) is 1. The zero-order chi connectivity index (χ0) is 14.7. The molecule has 0 saturated heterocycles. The molecule has 0 bridgehead atoms. The van der Waals surface area contributed by atoms with Crippen molar-refractivity contribution in [3.8, 4) is 17.6 Å². The maximum Gasteiger partial charge on any atom is 0.339 e. The lowest BCUT2D eigenvalue weighted by Crippen LogP contribution is -2.01. The number of nitriles is 1. The Labute approximate surface area is 124 Å². The van der Waals surface area contributed by atoms with Gasteiger partial charge in [-0.3, -0.25) is 0 Å². The molecule has 4 nitrogen and oxygen atoms in total. The average Bonchev–Trinajstić information content (AvgIpc) is 2.41. The summed E-state index contributed by atoms with van der Waals surface area (Å²) in [6.07, 6.45) is 0. The van der Waals surface area contributed by atoms with Gasteiger partial charge < -0.3 is 9.84 Å². The van der Waals surface area contributed by atoms with Gasteiger partial charge in [0.2, 0.25) is 0 Å². The minimum absolute atomic E-state index is 0.0638. The molecule has 0 atom stereocenters. The van der Waals surface area contributed by atoms with Crippen LogP contribution >= 0.6 is 15.9 Å². The standard InChI is InChI=1S/C15H10BrNO3/c1-9-2-5-13(12(6-9)15(18)19)20-14-7-11(16)4-3-10(14)8-17/h2-7H,1H3,(H,18,19). The minimum atomic E-state index is -1.07. The van der Waals surface area contributed by atoms with E-state index in [0.717, 1.165) is 10.0 Å². The minimum Gasteiger partial charge on any atom is -0.478 e. The molecular weight excluding hydrogens is 322 g/mol. The number of halogens is 1. The van der Waals surface area contributed by atoms with Crippen molar-refractivity contribution in [2.45, 2.75) is 6.92 Å². The zero-order valence-electron chi connectivity index (χ0n) is 10.6. The van der Waals surface area contributed by atoms with Crippen LogP contribution in [-0.4, -0.2) is 11.1 Å². The highest BCUT2D eigenvalue weighted by atomic mass is 79.9. The summed E-state index contributed by atoms with van der Waals surface area (Å²) in [6, 6.07) is 11.8. The smallest absolute Gasteiger partial charge is 0.339 e. The van der Waals surface area contributed by atoms with Crippen LogP contribution < -0.4 is 4.74 Å². The molecule has 0 heterocycles. The third-order valence-corrected chi connectivity index (χ3v) is 3.14. The maximum absolute atomic E-state index is 11.2. The predicted octanol–water partition coefficient (Wildman–Crippen LogP) is 4.12. The fourth-order valence-corrected chi connectivity index (χ4v) is 2.03. The third-order valence-electron chi connectivity index (χ3n) is 2.65. The van der Waals surface area contributed by atoms with E-state index in [1.165, 1.54) is 6.07 Å². The Morgan fingerprint density at radius 1 is 1.25 bits per heavy atom.